The van der Waals surface area contributed by atoms with Crippen molar-refractivity contribution in [2.75, 3.05) is 18.0 Å². The van der Waals surface area contributed by atoms with Gasteiger partial charge in [-0.3, -0.25) is 4.79 Å². The molecule has 0 amide bonds. The third-order valence-electron chi connectivity index (χ3n) is 1.49. The van der Waals surface area contributed by atoms with Crippen LogP contribution in [0.25, 0.3) is 0 Å². The normalized spacial score (nSPS) is 9.43. The minimum atomic E-state index is -0.983. The molecule has 0 bridgehead atoms. The number of anilines is 1. The van der Waals surface area contributed by atoms with Crippen LogP contribution in [0.5, 0.6) is 0 Å². The van der Waals surface area contributed by atoms with Crippen LogP contribution in [-0.4, -0.2) is 44.4 Å². The lowest BCUT2D eigenvalue weighted by Gasteiger charge is -2.16. The second-order valence-electron chi connectivity index (χ2n) is 2.56. The van der Waals surface area contributed by atoms with E-state index in [2.05, 4.69) is 21.4 Å². The van der Waals surface area contributed by atoms with Gasteiger partial charge in [-0.15, -0.1) is 6.42 Å². The highest BCUT2D eigenvalue weighted by Crippen LogP contribution is 2.04. The molecule has 0 aliphatic heterocycles. The molecule has 0 fully saturated rings. The highest BCUT2D eigenvalue weighted by Gasteiger charge is 2.14. The first-order valence-electron chi connectivity index (χ1n) is 3.77. The Morgan fingerprint density at radius 1 is 1.79 bits per heavy atom. The van der Waals surface area contributed by atoms with Crippen molar-refractivity contribution >= 4 is 11.9 Å². The van der Waals surface area contributed by atoms with E-state index in [4.69, 9.17) is 11.5 Å². The number of hydrogen-bond donors (Lipinski definition) is 1. The van der Waals surface area contributed by atoms with E-state index >= 15 is 0 Å². The average molecular weight is 195 g/mol. The summed E-state index contributed by atoms with van der Waals surface area (Å²) in [5, 5.41) is 19.2. The molecule has 1 rings (SSSR count). The van der Waals surface area contributed by atoms with Crippen molar-refractivity contribution in [3.8, 4) is 12.3 Å². The van der Waals surface area contributed by atoms with E-state index in [0.717, 1.165) is 0 Å². The van der Waals surface area contributed by atoms with Gasteiger partial charge in [0.1, 0.15) is 6.54 Å². The van der Waals surface area contributed by atoms with Crippen LogP contribution in [0.3, 0.4) is 0 Å². The first-order chi connectivity index (χ1) is 6.65. The van der Waals surface area contributed by atoms with Crippen LogP contribution in [0.4, 0.5) is 5.95 Å². The van der Waals surface area contributed by atoms with Crippen LogP contribution in [0.15, 0.2) is 0 Å². The molecule has 1 N–H and O–H groups in total. The van der Waals surface area contributed by atoms with Crippen LogP contribution < -0.4 is 4.90 Å². The Bertz CT molecular complexity index is 366. The van der Waals surface area contributed by atoms with Gasteiger partial charge in [-0.1, -0.05) is 11.0 Å². The molecule has 1 heterocycles. The third kappa shape index (κ3) is 2.20. The Kier molecular flexibility index (Phi) is 3.01. The average Bonchev–Trinajstić information content (AvgIpc) is 2.50. The maximum absolute atomic E-state index is 10.5. The van der Waals surface area contributed by atoms with Gasteiger partial charge >= 0.3 is 5.97 Å². The van der Waals surface area contributed by atoms with Gasteiger partial charge in [0.2, 0.25) is 5.95 Å². The molecule has 74 valence electrons. The molecule has 0 aliphatic rings. The molecule has 7 nitrogen and oxygen atoms in total. The number of aliphatic carboxylic acids is 1. The molecule has 0 aromatic carbocycles. The van der Waals surface area contributed by atoms with E-state index < -0.39 is 5.97 Å². The first-order valence-corrected chi connectivity index (χ1v) is 3.77. The van der Waals surface area contributed by atoms with Gasteiger partial charge in [-0.2, -0.15) is 0 Å². The molecule has 0 aliphatic carbocycles. The maximum Gasteiger partial charge on any atom is 0.323 e. The predicted molar refractivity (Wildman–Crippen MR) is 47.5 cm³/mol. The van der Waals surface area contributed by atoms with E-state index in [1.165, 1.54) is 9.58 Å². The Balaban J connectivity index is 2.83. The van der Waals surface area contributed by atoms with Crippen molar-refractivity contribution in [2.24, 2.45) is 7.05 Å². The highest BCUT2D eigenvalue weighted by atomic mass is 16.4. The fraction of sp³-hybridized carbons (Fsp3) is 0.429. The summed E-state index contributed by atoms with van der Waals surface area (Å²) in [6.45, 7) is -0.0705. The zero-order chi connectivity index (χ0) is 10.6. The minimum Gasteiger partial charge on any atom is -0.480 e. The van der Waals surface area contributed by atoms with Crippen LogP contribution >= 0.6 is 0 Å². The fourth-order valence-corrected chi connectivity index (χ4v) is 0.963. The van der Waals surface area contributed by atoms with E-state index in [9.17, 15) is 4.79 Å². The van der Waals surface area contributed by atoms with Crippen molar-refractivity contribution < 1.29 is 9.90 Å². The largest absolute Gasteiger partial charge is 0.480 e. The number of tetrazole rings is 1. The number of carboxylic acid groups (broad SMARTS) is 1. The number of aryl methyl sites for hydroxylation is 1. The topological polar surface area (TPSA) is 84.1 Å². The van der Waals surface area contributed by atoms with E-state index in [0.29, 0.717) is 5.95 Å². The zero-order valence-electron chi connectivity index (χ0n) is 7.58. The fourth-order valence-electron chi connectivity index (χ4n) is 0.963. The minimum absolute atomic E-state index is 0.153. The van der Waals surface area contributed by atoms with Gasteiger partial charge in [-0.05, 0) is 10.4 Å². The lowest BCUT2D eigenvalue weighted by atomic mass is 10.5. The molecule has 0 unspecified atom stereocenters. The van der Waals surface area contributed by atoms with E-state index in [1.54, 1.807) is 7.05 Å². The van der Waals surface area contributed by atoms with Gasteiger partial charge in [-0.25, -0.2) is 4.68 Å². The molecule has 0 saturated heterocycles. The second kappa shape index (κ2) is 4.23. The Morgan fingerprint density at radius 3 is 2.93 bits per heavy atom. The monoisotopic (exact) mass is 195 g/mol. The quantitative estimate of drug-likeness (QED) is 0.603. The van der Waals surface area contributed by atoms with Crippen LogP contribution in [0.1, 0.15) is 0 Å². The van der Waals surface area contributed by atoms with Crippen LogP contribution in [0.2, 0.25) is 0 Å². The summed E-state index contributed by atoms with van der Waals surface area (Å²) in [7, 11) is 1.61. The number of nitrogens with zero attached hydrogens (tertiary/aromatic N) is 5. The number of carboxylic acids is 1. The van der Waals surface area contributed by atoms with Gasteiger partial charge in [0.25, 0.3) is 0 Å². The number of aromatic nitrogens is 4. The summed E-state index contributed by atoms with van der Waals surface area (Å²) >= 11 is 0. The molecule has 1 aromatic heterocycles. The van der Waals surface area contributed by atoms with Crippen molar-refractivity contribution in [3.63, 3.8) is 0 Å². The lowest BCUT2D eigenvalue weighted by molar-refractivity contribution is -0.135. The molecule has 0 saturated carbocycles. The zero-order valence-corrected chi connectivity index (χ0v) is 7.58. The Labute approximate surface area is 80.3 Å². The first kappa shape index (κ1) is 9.98. The SMILES string of the molecule is C#CCN(CC(=O)O)c1nnnn1C. The summed E-state index contributed by atoms with van der Waals surface area (Å²) in [4.78, 5) is 11.9. The van der Waals surface area contributed by atoms with Crippen molar-refractivity contribution in [1.29, 1.82) is 0 Å². The third-order valence-corrected chi connectivity index (χ3v) is 1.49. The van der Waals surface area contributed by atoms with Gasteiger partial charge in [0.05, 0.1) is 6.54 Å². The molecular formula is C7H9N5O2. The maximum atomic E-state index is 10.5. The van der Waals surface area contributed by atoms with Gasteiger partial charge < -0.3 is 10.0 Å². The summed E-state index contributed by atoms with van der Waals surface area (Å²) in [5.41, 5.74) is 0. The molecule has 7 heteroatoms. The van der Waals surface area contributed by atoms with Crippen molar-refractivity contribution in [1.82, 2.24) is 20.2 Å². The van der Waals surface area contributed by atoms with Gasteiger partial charge in [0.15, 0.2) is 0 Å². The smallest absolute Gasteiger partial charge is 0.323 e. The van der Waals surface area contributed by atoms with E-state index in [-0.39, 0.29) is 13.1 Å². The lowest BCUT2D eigenvalue weighted by Crippen LogP contribution is -2.32. The van der Waals surface area contributed by atoms with E-state index in [1.807, 2.05) is 0 Å². The number of hydrogen-bond acceptors (Lipinski definition) is 5. The molecule has 0 radical (unpaired) electrons. The van der Waals surface area contributed by atoms with Crippen molar-refractivity contribution in [2.45, 2.75) is 0 Å². The van der Waals surface area contributed by atoms with Crippen LogP contribution in [0, 0.1) is 12.3 Å². The number of carbonyl (C=O) groups is 1. The summed E-state index contributed by atoms with van der Waals surface area (Å²) in [5.74, 6) is 1.70. The van der Waals surface area contributed by atoms with Gasteiger partial charge in [0, 0.05) is 7.05 Å². The molecule has 0 atom stereocenters. The standard InChI is InChI=1S/C7H9N5O2/c1-3-4-12(5-6(13)14)7-8-9-10-11(7)2/h1H,4-5H2,2H3,(H,13,14). The highest BCUT2D eigenvalue weighted by molar-refractivity contribution is 5.72. The van der Waals surface area contributed by atoms with Crippen molar-refractivity contribution in [3.05, 3.63) is 0 Å². The molecule has 14 heavy (non-hydrogen) atoms. The molecular weight excluding hydrogens is 186 g/mol. The summed E-state index contributed by atoms with van der Waals surface area (Å²) in [6, 6.07) is 0. The Morgan fingerprint density at radius 2 is 2.50 bits per heavy atom. The predicted octanol–water partition coefficient (Wildman–Crippen LogP) is -1.27. The number of terminal acetylenes is 1. The summed E-state index contributed by atoms with van der Waals surface area (Å²) in [6.07, 6.45) is 5.10. The summed E-state index contributed by atoms with van der Waals surface area (Å²) < 4.78 is 1.36. The number of rotatable bonds is 4. The second-order valence-corrected chi connectivity index (χ2v) is 2.56. The molecule has 1 aromatic rings. The van der Waals surface area contributed by atoms with Crippen LogP contribution in [-0.2, 0) is 11.8 Å². The Hall–Kier alpha value is -2.10. The molecule has 0 spiro atoms.